The molecular formula is C12H11FN2O. The van der Waals surface area contributed by atoms with E-state index in [2.05, 4.69) is 4.98 Å². The Morgan fingerprint density at radius 2 is 2.06 bits per heavy atom. The monoisotopic (exact) mass is 218 g/mol. The van der Waals surface area contributed by atoms with Gasteiger partial charge in [-0.1, -0.05) is 0 Å². The molecule has 0 fully saturated rings. The van der Waals surface area contributed by atoms with Crippen LogP contribution in [0.25, 0.3) is 11.3 Å². The van der Waals surface area contributed by atoms with E-state index in [1.807, 2.05) is 0 Å². The van der Waals surface area contributed by atoms with E-state index in [1.165, 1.54) is 6.07 Å². The van der Waals surface area contributed by atoms with Gasteiger partial charge in [0.05, 0.1) is 12.8 Å². The number of hydrogen-bond acceptors (Lipinski definition) is 3. The first kappa shape index (κ1) is 10.4. The quantitative estimate of drug-likeness (QED) is 0.788. The Morgan fingerprint density at radius 3 is 2.75 bits per heavy atom. The van der Waals surface area contributed by atoms with Gasteiger partial charge in [0.15, 0.2) is 0 Å². The van der Waals surface area contributed by atoms with Crippen LogP contribution in [-0.2, 0) is 0 Å². The molecule has 0 saturated heterocycles. The highest BCUT2D eigenvalue weighted by molar-refractivity contribution is 5.63. The average molecular weight is 218 g/mol. The molecule has 0 aliphatic rings. The van der Waals surface area contributed by atoms with Gasteiger partial charge in [0, 0.05) is 23.5 Å². The Kier molecular flexibility index (Phi) is 2.72. The molecule has 2 rings (SSSR count). The second-order valence-electron chi connectivity index (χ2n) is 3.32. The first-order chi connectivity index (χ1) is 7.70. The van der Waals surface area contributed by atoms with Crippen molar-refractivity contribution in [1.29, 1.82) is 0 Å². The minimum atomic E-state index is -0.388. The molecule has 1 aromatic carbocycles. The van der Waals surface area contributed by atoms with Crippen molar-refractivity contribution in [1.82, 2.24) is 4.98 Å². The van der Waals surface area contributed by atoms with Crippen molar-refractivity contribution in [2.45, 2.75) is 0 Å². The lowest BCUT2D eigenvalue weighted by Crippen LogP contribution is -1.92. The van der Waals surface area contributed by atoms with Crippen LogP contribution in [0.15, 0.2) is 36.5 Å². The smallest absolute Gasteiger partial charge is 0.134 e. The fourth-order valence-corrected chi connectivity index (χ4v) is 1.42. The van der Waals surface area contributed by atoms with E-state index in [1.54, 1.807) is 37.6 Å². The van der Waals surface area contributed by atoms with Gasteiger partial charge in [-0.05, 0) is 24.3 Å². The lowest BCUT2D eigenvalue weighted by atomic mass is 10.1. The topological polar surface area (TPSA) is 48.1 Å². The van der Waals surface area contributed by atoms with E-state index in [4.69, 9.17) is 10.5 Å². The lowest BCUT2D eigenvalue weighted by Gasteiger charge is -2.05. The highest BCUT2D eigenvalue weighted by Gasteiger charge is 2.07. The minimum Gasteiger partial charge on any atom is -0.497 e. The van der Waals surface area contributed by atoms with Gasteiger partial charge in [0.1, 0.15) is 11.6 Å². The molecule has 0 spiro atoms. The number of benzene rings is 1. The first-order valence-electron chi connectivity index (χ1n) is 4.76. The SMILES string of the molecule is COc1ccnc(-c2ccc(N)cc2F)c1. The van der Waals surface area contributed by atoms with Crippen molar-refractivity contribution < 1.29 is 9.13 Å². The number of pyridine rings is 1. The molecular weight excluding hydrogens is 207 g/mol. The second kappa shape index (κ2) is 4.18. The summed E-state index contributed by atoms with van der Waals surface area (Å²) in [5.74, 6) is 0.252. The average Bonchev–Trinajstić information content (AvgIpc) is 2.29. The molecule has 1 aromatic heterocycles. The third kappa shape index (κ3) is 1.95. The van der Waals surface area contributed by atoms with Gasteiger partial charge in [0.2, 0.25) is 0 Å². The number of methoxy groups -OCH3 is 1. The molecule has 0 radical (unpaired) electrons. The van der Waals surface area contributed by atoms with Gasteiger partial charge < -0.3 is 10.5 Å². The van der Waals surface area contributed by atoms with Crippen molar-refractivity contribution in [2.75, 3.05) is 12.8 Å². The van der Waals surface area contributed by atoms with Crippen LogP contribution in [-0.4, -0.2) is 12.1 Å². The van der Waals surface area contributed by atoms with Crippen LogP contribution in [0.4, 0.5) is 10.1 Å². The van der Waals surface area contributed by atoms with Gasteiger partial charge >= 0.3 is 0 Å². The zero-order valence-corrected chi connectivity index (χ0v) is 8.77. The fourth-order valence-electron chi connectivity index (χ4n) is 1.42. The second-order valence-corrected chi connectivity index (χ2v) is 3.32. The summed E-state index contributed by atoms with van der Waals surface area (Å²) in [7, 11) is 1.55. The fraction of sp³-hybridized carbons (Fsp3) is 0.0833. The summed E-state index contributed by atoms with van der Waals surface area (Å²) in [6.45, 7) is 0. The summed E-state index contributed by atoms with van der Waals surface area (Å²) in [6, 6.07) is 7.90. The van der Waals surface area contributed by atoms with Crippen LogP contribution in [0.1, 0.15) is 0 Å². The van der Waals surface area contributed by atoms with E-state index in [0.717, 1.165) is 0 Å². The molecule has 0 amide bonds. The van der Waals surface area contributed by atoms with E-state index in [9.17, 15) is 4.39 Å². The maximum atomic E-state index is 13.6. The molecule has 2 aromatic rings. The number of ether oxygens (including phenoxy) is 1. The van der Waals surface area contributed by atoms with Gasteiger partial charge in [-0.2, -0.15) is 0 Å². The number of hydrogen-bond donors (Lipinski definition) is 1. The number of nitrogen functional groups attached to an aromatic ring is 1. The Labute approximate surface area is 92.7 Å². The molecule has 1 heterocycles. The van der Waals surface area contributed by atoms with Crippen LogP contribution >= 0.6 is 0 Å². The third-order valence-electron chi connectivity index (χ3n) is 2.24. The molecule has 0 aliphatic carbocycles. The predicted molar refractivity (Wildman–Crippen MR) is 60.6 cm³/mol. The van der Waals surface area contributed by atoms with Crippen molar-refractivity contribution >= 4 is 5.69 Å². The zero-order chi connectivity index (χ0) is 11.5. The number of halogens is 1. The van der Waals surface area contributed by atoms with Crippen molar-refractivity contribution in [3.63, 3.8) is 0 Å². The van der Waals surface area contributed by atoms with Crippen molar-refractivity contribution in [3.8, 4) is 17.0 Å². The van der Waals surface area contributed by atoms with Gasteiger partial charge in [-0.3, -0.25) is 4.98 Å². The zero-order valence-electron chi connectivity index (χ0n) is 8.77. The maximum Gasteiger partial charge on any atom is 0.134 e. The molecule has 0 aliphatic heterocycles. The number of nitrogens with zero attached hydrogens (tertiary/aromatic N) is 1. The van der Waals surface area contributed by atoms with Crippen LogP contribution in [0, 0.1) is 5.82 Å². The molecule has 2 N–H and O–H groups in total. The van der Waals surface area contributed by atoms with E-state index >= 15 is 0 Å². The molecule has 0 atom stereocenters. The predicted octanol–water partition coefficient (Wildman–Crippen LogP) is 2.48. The van der Waals surface area contributed by atoms with E-state index in [0.29, 0.717) is 22.7 Å². The molecule has 0 saturated carbocycles. The number of nitrogens with two attached hydrogens (primary N) is 1. The maximum absolute atomic E-state index is 13.6. The van der Waals surface area contributed by atoms with E-state index < -0.39 is 0 Å². The Bertz CT molecular complexity index is 514. The Balaban J connectivity index is 2.49. The summed E-state index contributed by atoms with van der Waals surface area (Å²) >= 11 is 0. The highest BCUT2D eigenvalue weighted by atomic mass is 19.1. The molecule has 4 heteroatoms. The molecule has 3 nitrogen and oxygen atoms in total. The summed E-state index contributed by atoms with van der Waals surface area (Å²) in [5.41, 5.74) is 6.80. The van der Waals surface area contributed by atoms with Crippen LogP contribution in [0.2, 0.25) is 0 Å². The van der Waals surface area contributed by atoms with Crippen LogP contribution < -0.4 is 10.5 Å². The third-order valence-corrected chi connectivity index (χ3v) is 2.24. The summed E-state index contributed by atoms with van der Waals surface area (Å²) < 4.78 is 18.7. The highest BCUT2D eigenvalue weighted by Crippen LogP contribution is 2.25. The summed E-state index contributed by atoms with van der Waals surface area (Å²) in [5, 5.41) is 0. The molecule has 82 valence electrons. The Morgan fingerprint density at radius 1 is 1.25 bits per heavy atom. The van der Waals surface area contributed by atoms with Crippen molar-refractivity contribution in [3.05, 3.63) is 42.3 Å². The number of anilines is 1. The molecule has 0 unspecified atom stereocenters. The summed E-state index contributed by atoms with van der Waals surface area (Å²) in [4.78, 5) is 4.09. The van der Waals surface area contributed by atoms with Gasteiger partial charge in [0.25, 0.3) is 0 Å². The molecule has 0 bridgehead atoms. The lowest BCUT2D eigenvalue weighted by molar-refractivity contribution is 0.414. The van der Waals surface area contributed by atoms with Crippen LogP contribution in [0.3, 0.4) is 0 Å². The number of aromatic nitrogens is 1. The first-order valence-corrected chi connectivity index (χ1v) is 4.76. The Hall–Kier alpha value is -2.10. The van der Waals surface area contributed by atoms with Crippen LogP contribution in [0.5, 0.6) is 5.75 Å². The normalized spacial score (nSPS) is 10.1. The van der Waals surface area contributed by atoms with Gasteiger partial charge in [-0.15, -0.1) is 0 Å². The van der Waals surface area contributed by atoms with Gasteiger partial charge in [-0.25, -0.2) is 4.39 Å². The minimum absolute atomic E-state index is 0.388. The van der Waals surface area contributed by atoms with Crippen molar-refractivity contribution in [2.24, 2.45) is 0 Å². The molecule has 16 heavy (non-hydrogen) atoms. The number of rotatable bonds is 2. The van der Waals surface area contributed by atoms with E-state index in [-0.39, 0.29) is 5.82 Å². The standard InChI is InChI=1S/C12H11FN2O/c1-16-9-4-5-15-12(7-9)10-3-2-8(14)6-11(10)13/h2-7H,14H2,1H3. The summed E-state index contributed by atoms with van der Waals surface area (Å²) in [6.07, 6.45) is 1.57. The largest absolute Gasteiger partial charge is 0.497 e.